The number of piperazine rings is 1. The van der Waals surface area contributed by atoms with Gasteiger partial charge in [0.25, 0.3) is 0 Å². The van der Waals surface area contributed by atoms with Crippen molar-refractivity contribution < 1.29 is 19.0 Å². The van der Waals surface area contributed by atoms with Crippen LogP contribution in [0.1, 0.15) is 17.0 Å². The summed E-state index contributed by atoms with van der Waals surface area (Å²) < 4.78 is 17.9. The Labute approximate surface area is 204 Å². The molecule has 1 aliphatic heterocycles. The van der Waals surface area contributed by atoms with Gasteiger partial charge in [0.2, 0.25) is 11.7 Å². The van der Waals surface area contributed by atoms with Crippen molar-refractivity contribution in [3.05, 3.63) is 53.4 Å². The molecule has 3 aromatic rings. The monoisotopic (exact) mass is 478 g/mol. The van der Waals surface area contributed by atoms with Gasteiger partial charge in [-0.3, -0.25) is 4.79 Å². The summed E-state index contributed by atoms with van der Waals surface area (Å²) in [6.45, 7) is 6.49. The zero-order valence-corrected chi connectivity index (χ0v) is 20.7. The Balaban J connectivity index is 1.37. The standard InChI is InChI=1S/C25H30N6O4/c1-17-14-18(2)31(28-17)23-8-7-22(26-27-23)29-10-12-30(13-11-29)24(32)9-6-19-15-20(33-3)25(35-5)21(16-19)34-4/h6-9,14-16H,10-13H2,1-5H3/b9-6+. The summed E-state index contributed by atoms with van der Waals surface area (Å²) in [5.74, 6) is 3.01. The minimum absolute atomic E-state index is 0.0515. The van der Waals surface area contributed by atoms with E-state index in [9.17, 15) is 4.79 Å². The molecule has 3 heterocycles. The first-order chi connectivity index (χ1) is 16.9. The van der Waals surface area contributed by atoms with E-state index in [0.717, 1.165) is 22.8 Å². The maximum Gasteiger partial charge on any atom is 0.246 e. The average molecular weight is 479 g/mol. The Morgan fingerprint density at radius 2 is 1.51 bits per heavy atom. The van der Waals surface area contributed by atoms with E-state index in [1.807, 2.05) is 36.9 Å². The van der Waals surface area contributed by atoms with E-state index in [1.165, 1.54) is 0 Å². The topological polar surface area (TPSA) is 94.8 Å². The number of amides is 1. The number of nitrogens with zero attached hydrogens (tertiary/aromatic N) is 6. The molecule has 1 amide bonds. The number of aryl methyl sites for hydroxylation is 2. The second kappa shape index (κ2) is 10.5. The van der Waals surface area contributed by atoms with Crippen LogP contribution >= 0.6 is 0 Å². The zero-order chi connectivity index (χ0) is 24.9. The molecular weight excluding hydrogens is 448 g/mol. The van der Waals surface area contributed by atoms with Crippen molar-refractivity contribution in [2.45, 2.75) is 13.8 Å². The molecule has 10 nitrogen and oxygen atoms in total. The third kappa shape index (κ3) is 5.21. The van der Waals surface area contributed by atoms with Crippen LogP contribution in [0, 0.1) is 13.8 Å². The van der Waals surface area contributed by atoms with Crippen molar-refractivity contribution in [1.82, 2.24) is 24.9 Å². The van der Waals surface area contributed by atoms with Gasteiger partial charge in [-0.25, -0.2) is 4.68 Å². The van der Waals surface area contributed by atoms with Crippen LogP contribution in [0.15, 0.2) is 36.4 Å². The Kier molecular flexibility index (Phi) is 7.19. The van der Waals surface area contributed by atoms with Gasteiger partial charge in [-0.05, 0) is 55.8 Å². The van der Waals surface area contributed by atoms with Crippen molar-refractivity contribution in [3.63, 3.8) is 0 Å². The van der Waals surface area contributed by atoms with Gasteiger partial charge in [0.15, 0.2) is 23.1 Å². The lowest BCUT2D eigenvalue weighted by Crippen LogP contribution is -2.48. The maximum atomic E-state index is 12.8. The number of carbonyl (C=O) groups excluding carboxylic acids is 1. The van der Waals surface area contributed by atoms with Gasteiger partial charge in [-0.15, -0.1) is 10.2 Å². The third-order valence-electron chi connectivity index (χ3n) is 5.88. The van der Waals surface area contributed by atoms with Crippen LogP contribution in [0.5, 0.6) is 17.2 Å². The number of anilines is 1. The summed E-state index contributed by atoms with van der Waals surface area (Å²) in [5.41, 5.74) is 2.73. The van der Waals surface area contributed by atoms with Gasteiger partial charge in [-0.2, -0.15) is 5.10 Å². The molecule has 2 aromatic heterocycles. The van der Waals surface area contributed by atoms with Crippen LogP contribution in [0.4, 0.5) is 5.82 Å². The van der Waals surface area contributed by atoms with Gasteiger partial charge in [0, 0.05) is 37.9 Å². The molecule has 1 aliphatic rings. The van der Waals surface area contributed by atoms with E-state index in [4.69, 9.17) is 14.2 Å². The van der Waals surface area contributed by atoms with Crippen molar-refractivity contribution in [3.8, 4) is 23.1 Å². The molecule has 0 aliphatic carbocycles. The van der Waals surface area contributed by atoms with Crippen molar-refractivity contribution >= 4 is 17.8 Å². The van der Waals surface area contributed by atoms with Gasteiger partial charge in [-0.1, -0.05) is 0 Å². The fourth-order valence-electron chi connectivity index (χ4n) is 4.09. The number of ether oxygens (including phenoxy) is 3. The molecule has 0 bridgehead atoms. The summed E-state index contributed by atoms with van der Waals surface area (Å²) in [6.07, 6.45) is 3.32. The minimum atomic E-state index is -0.0515. The summed E-state index contributed by atoms with van der Waals surface area (Å²) in [6, 6.07) is 9.47. The van der Waals surface area contributed by atoms with Gasteiger partial charge >= 0.3 is 0 Å². The Bertz CT molecular complexity index is 1190. The molecule has 35 heavy (non-hydrogen) atoms. The molecule has 1 saturated heterocycles. The third-order valence-corrected chi connectivity index (χ3v) is 5.88. The number of methoxy groups -OCH3 is 3. The molecule has 1 fully saturated rings. The molecule has 10 heteroatoms. The fraction of sp³-hybridized carbons (Fsp3) is 0.360. The zero-order valence-electron chi connectivity index (χ0n) is 20.7. The highest BCUT2D eigenvalue weighted by molar-refractivity contribution is 5.92. The molecule has 0 saturated carbocycles. The van der Waals surface area contributed by atoms with Crippen molar-refractivity contribution in [2.75, 3.05) is 52.4 Å². The minimum Gasteiger partial charge on any atom is -0.493 e. The number of hydrogen-bond donors (Lipinski definition) is 0. The fourth-order valence-corrected chi connectivity index (χ4v) is 4.09. The largest absolute Gasteiger partial charge is 0.493 e. The predicted octanol–water partition coefficient (Wildman–Crippen LogP) is 2.67. The Morgan fingerprint density at radius 1 is 0.886 bits per heavy atom. The van der Waals surface area contributed by atoms with Crippen LogP contribution in [0.2, 0.25) is 0 Å². The average Bonchev–Trinajstić information content (AvgIpc) is 3.24. The summed E-state index contributed by atoms with van der Waals surface area (Å²) in [5, 5.41) is 13.2. The number of aromatic nitrogens is 4. The van der Waals surface area contributed by atoms with E-state index < -0.39 is 0 Å². The lowest BCUT2D eigenvalue weighted by atomic mass is 10.1. The lowest BCUT2D eigenvalue weighted by molar-refractivity contribution is -0.126. The number of hydrogen-bond acceptors (Lipinski definition) is 8. The highest BCUT2D eigenvalue weighted by Gasteiger charge is 2.21. The molecule has 0 unspecified atom stereocenters. The summed E-state index contributed by atoms with van der Waals surface area (Å²) in [4.78, 5) is 16.7. The molecule has 1 aromatic carbocycles. The first-order valence-electron chi connectivity index (χ1n) is 11.3. The Morgan fingerprint density at radius 3 is 2.03 bits per heavy atom. The molecule has 0 spiro atoms. The quantitative estimate of drug-likeness (QED) is 0.479. The van der Waals surface area contributed by atoms with Crippen LogP contribution in [-0.4, -0.2) is 78.3 Å². The molecule has 0 atom stereocenters. The smallest absolute Gasteiger partial charge is 0.246 e. The second-order valence-electron chi connectivity index (χ2n) is 8.19. The number of benzene rings is 1. The molecule has 0 radical (unpaired) electrons. The summed E-state index contributed by atoms with van der Waals surface area (Å²) in [7, 11) is 4.68. The Hall–Kier alpha value is -4.08. The van der Waals surface area contributed by atoms with Crippen LogP contribution in [0.3, 0.4) is 0 Å². The maximum absolute atomic E-state index is 12.8. The van der Waals surface area contributed by atoms with E-state index >= 15 is 0 Å². The van der Waals surface area contributed by atoms with Gasteiger partial charge in [0.05, 0.1) is 27.0 Å². The van der Waals surface area contributed by atoms with Gasteiger partial charge < -0.3 is 24.0 Å². The lowest BCUT2D eigenvalue weighted by Gasteiger charge is -2.34. The molecular formula is C25H30N6O4. The van der Waals surface area contributed by atoms with E-state index in [1.54, 1.807) is 50.3 Å². The first-order valence-corrected chi connectivity index (χ1v) is 11.3. The van der Waals surface area contributed by atoms with Crippen LogP contribution in [-0.2, 0) is 4.79 Å². The van der Waals surface area contributed by atoms with Crippen molar-refractivity contribution in [2.24, 2.45) is 0 Å². The normalized spacial score (nSPS) is 13.9. The second-order valence-corrected chi connectivity index (χ2v) is 8.19. The van der Waals surface area contributed by atoms with Crippen molar-refractivity contribution in [1.29, 1.82) is 0 Å². The highest BCUT2D eigenvalue weighted by Crippen LogP contribution is 2.38. The highest BCUT2D eigenvalue weighted by atomic mass is 16.5. The first kappa shape index (κ1) is 24.1. The van der Waals surface area contributed by atoms with Crippen LogP contribution in [0.25, 0.3) is 11.9 Å². The number of rotatable bonds is 7. The van der Waals surface area contributed by atoms with Gasteiger partial charge in [0.1, 0.15) is 0 Å². The SMILES string of the molecule is COc1cc(/C=C/C(=O)N2CCN(c3ccc(-n4nc(C)cc4C)nn3)CC2)cc(OC)c1OC. The molecule has 0 N–H and O–H groups in total. The molecule has 184 valence electrons. The van der Waals surface area contributed by atoms with E-state index in [0.29, 0.717) is 49.2 Å². The number of carbonyl (C=O) groups is 1. The van der Waals surface area contributed by atoms with E-state index in [2.05, 4.69) is 20.2 Å². The predicted molar refractivity (Wildman–Crippen MR) is 133 cm³/mol. The summed E-state index contributed by atoms with van der Waals surface area (Å²) >= 11 is 0. The molecule has 4 rings (SSSR count). The van der Waals surface area contributed by atoms with E-state index in [-0.39, 0.29) is 5.91 Å². The van der Waals surface area contributed by atoms with Crippen LogP contribution < -0.4 is 19.1 Å².